The van der Waals surface area contributed by atoms with E-state index >= 15 is 0 Å². The van der Waals surface area contributed by atoms with Crippen molar-refractivity contribution in [2.24, 2.45) is 17.1 Å². The predicted octanol–water partition coefficient (Wildman–Crippen LogP) is 4.24. The Kier molecular flexibility index (Phi) is 8.60. The van der Waals surface area contributed by atoms with Crippen LogP contribution in [0.15, 0.2) is 60.7 Å². The molecule has 0 aliphatic heterocycles. The first-order chi connectivity index (χ1) is 15.9. The number of carbonyl (C=O) groups is 1. The average molecular weight is 482 g/mol. The molecule has 2 aromatic rings. The van der Waals surface area contributed by atoms with E-state index in [1.807, 2.05) is 32.9 Å². The predicted molar refractivity (Wildman–Crippen MR) is 141 cm³/mol. The van der Waals surface area contributed by atoms with E-state index in [9.17, 15) is 4.79 Å². The minimum Gasteiger partial charge on any atom is -0.444 e. The van der Waals surface area contributed by atoms with Crippen molar-refractivity contribution in [1.82, 2.24) is 5.32 Å². The smallest absolute Gasteiger partial charge is 0.407 e. The van der Waals surface area contributed by atoms with Crippen molar-refractivity contribution in [3.8, 4) is 0 Å². The summed E-state index contributed by atoms with van der Waals surface area (Å²) < 4.78 is 12.5. The maximum atomic E-state index is 12.3. The van der Waals surface area contributed by atoms with E-state index in [-0.39, 0.29) is 23.6 Å². The number of rotatable bonds is 6. The molecule has 2 aromatic carbocycles. The molecule has 3 N–H and O–H groups in total. The molecule has 6 heteroatoms. The Bertz CT molecular complexity index is 869. The van der Waals surface area contributed by atoms with Crippen LogP contribution in [-0.2, 0) is 9.16 Å². The van der Waals surface area contributed by atoms with Gasteiger partial charge in [0.2, 0.25) is 0 Å². The van der Waals surface area contributed by atoms with E-state index in [2.05, 4.69) is 74.6 Å². The van der Waals surface area contributed by atoms with Crippen molar-refractivity contribution >= 4 is 25.5 Å². The standard InChI is InChI=1S/C28H41N2O3Si/c1-27(2,3)25(20-17-18-24(23(29)19-20)30-26(31)32-28(4,5)6)33-34(21-13-9-7-10-14-21)22-15-11-8-12-16-22/h7-16,20,23-25H,17-19,29H2,1-6H3,(H,30,31). The van der Waals surface area contributed by atoms with Crippen LogP contribution in [0.5, 0.6) is 0 Å². The van der Waals surface area contributed by atoms with Crippen molar-refractivity contribution in [2.75, 3.05) is 0 Å². The van der Waals surface area contributed by atoms with Gasteiger partial charge in [-0.3, -0.25) is 0 Å². The summed E-state index contributed by atoms with van der Waals surface area (Å²) in [5.41, 5.74) is 6.03. The lowest BCUT2D eigenvalue weighted by Gasteiger charge is -2.44. The maximum absolute atomic E-state index is 12.3. The molecule has 0 aromatic heterocycles. The highest BCUT2D eigenvalue weighted by Gasteiger charge is 2.41. The first-order valence-corrected chi connectivity index (χ1v) is 13.7. The first-order valence-electron chi connectivity index (χ1n) is 12.3. The molecule has 3 rings (SSSR count). The minimum absolute atomic E-state index is 0.0463. The number of alkyl carbamates (subject to hydrolysis) is 1. The van der Waals surface area contributed by atoms with Crippen LogP contribution in [0.4, 0.5) is 4.79 Å². The van der Waals surface area contributed by atoms with Gasteiger partial charge in [0.25, 0.3) is 9.04 Å². The van der Waals surface area contributed by atoms with Gasteiger partial charge < -0.3 is 20.2 Å². The maximum Gasteiger partial charge on any atom is 0.407 e. The van der Waals surface area contributed by atoms with Crippen LogP contribution in [0.1, 0.15) is 60.8 Å². The lowest BCUT2D eigenvalue weighted by atomic mass is 9.72. The third-order valence-corrected chi connectivity index (χ3v) is 8.45. The summed E-state index contributed by atoms with van der Waals surface area (Å²) in [7, 11) is -1.43. The molecule has 4 atom stereocenters. The highest BCUT2D eigenvalue weighted by atomic mass is 28.3. The Labute approximate surface area is 207 Å². The number of carbonyl (C=O) groups excluding carboxylic acids is 1. The molecule has 0 saturated heterocycles. The van der Waals surface area contributed by atoms with Crippen LogP contribution >= 0.6 is 0 Å². The van der Waals surface area contributed by atoms with Gasteiger partial charge in [0.15, 0.2) is 0 Å². The average Bonchev–Trinajstić information content (AvgIpc) is 2.75. The topological polar surface area (TPSA) is 73.6 Å². The molecular formula is C28H41N2O3Si. The van der Waals surface area contributed by atoms with Gasteiger partial charge >= 0.3 is 6.09 Å². The second-order valence-electron chi connectivity index (χ2n) is 11.5. The van der Waals surface area contributed by atoms with E-state index in [0.717, 1.165) is 19.3 Å². The number of nitrogens with two attached hydrogens (primary N) is 1. The molecule has 1 radical (unpaired) electrons. The summed E-state index contributed by atoms with van der Waals surface area (Å²) >= 11 is 0. The van der Waals surface area contributed by atoms with Gasteiger partial charge in [-0.15, -0.1) is 0 Å². The van der Waals surface area contributed by atoms with Crippen LogP contribution in [0.2, 0.25) is 0 Å². The third kappa shape index (κ3) is 7.42. The van der Waals surface area contributed by atoms with E-state index < -0.39 is 20.7 Å². The van der Waals surface area contributed by atoms with Crippen molar-refractivity contribution in [1.29, 1.82) is 0 Å². The molecule has 185 valence electrons. The monoisotopic (exact) mass is 481 g/mol. The molecule has 0 heterocycles. The van der Waals surface area contributed by atoms with Gasteiger partial charge in [-0.25, -0.2) is 4.79 Å². The minimum atomic E-state index is -1.43. The van der Waals surface area contributed by atoms with Crippen molar-refractivity contribution in [2.45, 2.75) is 84.6 Å². The van der Waals surface area contributed by atoms with Crippen molar-refractivity contribution in [3.63, 3.8) is 0 Å². The molecule has 1 amide bonds. The Hall–Kier alpha value is -2.15. The summed E-state index contributed by atoms with van der Waals surface area (Å²) in [5, 5.41) is 5.49. The molecule has 1 aliphatic carbocycles. The van der Waals surface area contributed by atoms with E-state index in [4.69, 9.17) is 14.9 Å². The lowest BCUT2D eigenvalue weighted by molar-refractivity contribution is 0.00988. The summed E-state index contributed by atoms with van der Waals surface area (Å²) in [6, 6.07) is 20.9. The van der Waals surface area contributed by atoms with Crippen LogP contribution in [0, 0.1) is 11.3 Å². The Morgan fingerprint density at radius 1 is 0.941 bits per heavy atom. The molecule has 5 nitrogen and oxygen atoms in total. The second kappa shape index (κ2) is 11.1. The van der Waals surface area contributed by atoms with Gasteiger partial charge in [-0.05, 0) is 61.7 Å². The van der Waals surface area contributed by atoms with Gasteiger partial charge in [-0.1, -0.05) is 81.4 Å². The SMILES string of the molecule is CC(C)(C)OC(=O)NC1CCC(C(O[Si](c2ccccc2)c2ccccc2)C(C)(C)C)CC1N. The molecule has 1 aliphatic rings. The van der Waals surface area contributed by atoms with Gasteiger partial charge in [0.1, 0.15) is 5.60 Å². The third-order valence-electron chi connectivity index (χ3n) is 6.24. The fraction of sp³-hybridized carbons (Fsp3) is 0.536. The summed E-state index contributed by atoms with van der Waals surface area (Å²) in [4.78, 5) is 12.3. The first kappa shape index (κ1) is 26.5. The number of nitrogens with one attached hydrogen (secondary N) is 1. The van der Waals surface area contributed by atoms with Crippen molar-refractivity contribution < 1.29 is 14.0 Å². The van der Waals surface area contributed by atoms with Crippen molar-refractivity contribution in [3.05, 3.63) is 60.7 Å². The van der Waals surface area contributed by atoms with E-state index in [1.165, 1.54) is 10.4 Å². The van der Waals surface area contributed by atoms with E-state index in [1.54, 1.807) is 0 Å². The highest BCUT2D eigenvalue weighted by Crippen LogP contribution is 2.37. The number of hydrogen-bond acceptors (Lipinski definition) is 4. The summed E-state index contributed by atoms with van der Waals surface area (Å²) in [6.07, 6.45) is 2.24. The Morgan fingerprint density at radius 3 is 1.91 bits per heavy atom. The normalized spacial score (nSPS) is 22.3. The van der Waals surface area contributed by atoms with Crippen LogP contribution in [0.3, 0.4) is 0 Å². The fourth-order valence-electron chi connectivity index (χ4n) is 4.74. The zero-order chi connectivity index (χ0) is 24.9. The van der Waals surface area contributed by atoms with Gasteiger partial charge in [-0.2, -0.15) is 0 Å². The van der Waals surface area contributed by atoms with Crippen LogP contribution in [-0.4, -0.2) is 38.9 Å². The number of hydrogen-bond donors (Lipinski definition) is 2. The Morgan fingerprint density at radius 2 is 1.47 bits per heavy atom. The lowest BCUT2D eigenvalue weighted by Crippen LogP contribution is -2.56. The fourth-order valence-corrected chi connectivity index (χ4v) is 7.14. The van der Waals surface area contributed by atoms with Gasteiger partial charge in [0.05, 0.1) is 6.10 Å². The molecule has 0 spiro atoms. The molecule has 0 bridgehead atoms. The van der Waals surface area contributed by atoms with Crippen LogP contribution < -0.4 is 21.4 Å². The van der Waals surface area contributed by atoms with E-state index in [0.29, 0.717) is 5.92 Å². The molecular weight excluding hydrogens is 440 g/mol. The number of ether oxygens (including phenoxy) is 1. The van der Waals surface area contributed by atoms with Crippen LogP contribution in [0.25, 0.3) is 0 Å². The summed E-state index contributed by atoms with van der Waals surface area (Å²) in [6.45, 7) is 12.4. The second-order valence-corrected chi connectivity index (χ2v) is 13.5. The Balaban J connectivity index is 1.77. The molecule has 4 unspecified atom stereocenters. The quantitative estimate of drug-likeness (QED) is 0.605. The van der Waals surface area contributed by atoms with Gasteiger partial charge in [0, 0.05) is 12.1 Å². The molecule has 1 fully saturated rings. The number of benzene rings is 2. The molecule has 1 saturated carbocycles. The highest BCUT2D eigenvalue weighted by molar-refractivity contribution is 6.80. The zero-order valence-corrected chi connectivity index (χ0v) is 22.5. The zero-order valence-electron chi connectivity index (χ0n) is 21.5. The summed E-state index contributed by atoms with van der Waals surface area (Å²) in [5.74, 6) is 0.319. The number of amides is 1. The largest absolute Gasteiger partial charge is 0.444 e. The molecule has 34 heavy (non-hydrogen) atoms.